The van der Waals surface area contributed by atoms with Crippen LogP contribution in [-0.4, -0.2) is 59.6 Å². The molecular weight excluding hydrogens is 778 g/mol. The molecule has 0 aromatic carbocycles. The Kier molecular flexibility index (Phi) is 42.9. The number of amides is 1. The van der Waals surface area contributed by atoms with Gasteiger partial charge in [-0.2, -0.15) is 0 Å². The molecule has 0 aliphatic rings. The molecule has 11 heteroatoms. The van der Waals surface area contributed by atoms with Crippen LogP contribution in [0.4, 0.5) is 0 Å². The Balaban J connectivity index is 4.69. The number of unbranched alkanes of at least 4 members (excludes halogenated alkanes) is 29. The van der Waals surface area contributed by atoms with Gasteiger partial charge in [-0.1, -0.05) is 200 Å². The Morgan fingerprint density at radius 1 is 0.533 bits per heavy atom. The molecule has 60 heavy (non-hydrogen) atoms. The monoisotopic (exact) mass is 872 g/mol. The highest BCUT2D eigenvalue weighted by atomic mass is 31.2. The average molecular weight is 872 g/mol. The fourth-order valence-electron chi connectivity index (χ4n) is 7.32. The normalized spacial score (nSPS) is 13.7. The summed E-state index contributed by atoms with van der Waals surface area (Å²) in [6.07, 6.45) is 39.8. The van der Waals surface area contributed by atoms with Crippen molar-refractivity contribution in [3.05, 3.63) is 12.2 Å². The van der Waals surface area contributed by atoms with Crippen molar-refractivity contribution in [1.82, 2.24) is 5.32 Å². The molecule has 0 aromatic rings. The summed E-state index contributed by atoms with van der Waals surface area (Å²) in [6, 6.07) is 0. The van der Waals surface area contributed by atoms with E-state index >= 15 is 0 Å². The summed E-state index contributed by atoms with van der Waals surface area (Å²) in [6.45, 7) is 5.74. The maximum atomic E-state index is 13.0. The van der Waals surface area contributed by atoms with Crippen molar-refractivity contribution in [3.8, 4) is 0 Å². The van der Waals surface area contributed by atoms with Crippen molar-refractivity contribution in [2.45, 2.75) is 264 Å². The molecule has 3 N–H and O–H groups in total. The summed E-state index contributed by atoms with van der Waals surface area (Å²) < 4.78 is 28.4. The van der Waals surface area contributed by atoms with Crippen LogP contribution in [0.1, 0.15) is 252 Å². The van der Waals surface area contributed by atoms with E-state index in [2.05, 4.69) is 38.2 Å². The number of phosphoric acid groups is 1. The zero-order valence-electron chi connectivity index (χ0n) is 39.1. The van der Waals surface area contributed by atoms with Crippen molar-refractivity contribution in [3.63, 3.8) is 0 Å². The Morgan fingerprint density at radius 3 is 1.37 bits per heavy atom. The largest absolute Gasteiger partial charge is 0.472 e. The van der Waals surface area contributed by atoms with Crippen molar-refractivity contribution in [2.75, 3.05) is 19.8 Å². The zero-order valence-corrected chi connectivity index (χ0v) is 40.0. The van der Waals surface area contributed by atoms with E-state index in [0.29, 0.717) is 19.3 Å². The molecule has 354 valence electrons. The molecule has 0 rings (SSSR count). The lowest BCUT2D eigenvalue weighted by molar-refractivity contribution is -0.161. The second-order valence-corrected chi connectivity index (χ2v) is 18.5. The number of phosphoric ester groups is 1. The molecule has 0 aliphatic carbocycles. The van der Waals surface area contributed by atoms with Crippen LogP contribution >= 0.6 is 7.82 Å². The molecule has 1 amide bonds. The first-order valence-corrected chi connectivity index (χ1v) is 26.6. The van der Waals surface area contributed by atoms with E-state index < -0.39 is 38.4 Å². The van der Waals surface area contributed by atoms with E-state index in [-0.39, 0.29) is 31.9 Å². The van der Waals surface area contributed by atoms with Gasteiger partial charge in [0, 0.05) is 25.8 Å². The number of Topliss-reactive ketones (excluding diaryl/α,β-unsaturated/α-hetero) is 1. The number of hydrogen-bond donors (Lipinski definition) is 3. The second kappa shape index (κ2) is 44.0. The van der Waals surface area contributed by atoms with Gasteiger partial charge in [0.15, 0.2) is 18.0 Å². The third-order valence-electron chi connectivity index (χ3n) is 11.2. The van der Waals surface area contributed by atoms with E-state index in [1.54, 1.807) is 0 Å². The predicted octanol–water partition coefficient (Wildman–Crippen LogP) is 13.7. The van der Waals surface area contributed by atoms with Crippen LogP contribution in [0.3, 0.4) is 0 Å². The topological polar surface area (TPSA) is 148 Å². The van der Waals surface area contributed by atoms with Gasteiger partial charge in [-0.25, -0.2) is 4.57 Å². The molecule has 0 saturated heterocycles. The van der Waals surface area contributed by atoms with Gasteiger partial charge in [0.2, 0.25) is 5.91 Å². The summed E-state index contributed by atoms with van der Waals surface area (Å²) in [4.78, 5) is 48.3. The highest BCUT2D eigenvalue weighted by Gasteiger charge is 2.33. The SMILES string of the molecule is CCCCCCCC/C=C\CCCCCCCC(=O)O[C@@H](COP(=O)(O)OCCNC(=O)CCCCCCCCC)C(O)C(=O)CCCCCCCCCCCCCCC. The molecule has 0 aromatic heterocycles. The molecule has 2 unspecified atom stereocenters. The summed E-state index contributed by atoms with van der Waals surface area (Å²) >= 11 is 0. The molecule has 0 bridgehead atoms. The molecular formula is C49H94NO9P. The first-order chi connectivity index (χ1) is 29.2. The number of aliphatic hydroxyl groups excluding tert-OH is 1. The zero-order chi connectivity index (χ0) is 44.2. The molecule has 0 aliphatic heterocycles. The van der Waals surface area contributed by atoms with Crippen LogP contribution in [-0.2, 0) is 32.7 Å². The van der Waals surface area contributed by atoms with E-state index in [0.717, 1.165) is 77.0 Å². The predicted molar refractivity (Wildman–Crippen MR) is 248 cm³/mol. The maximum absolute atomic E-state index is 13.0. The van der Waals surface area contributed by atoms with Crippen molar-refractivity contribution < 1.29 is 42.7 Å². The number of hydrogen-bond acceptors (Lipinski definition) is 8. The highest BCUT2D eigenvalue weighted by Crippen LogP contribution is 2.43. The van der Waals surface area contributed by atoms with Gasteiger partial charge in [-0.05, 0) is 44.9 Å². The third-order valence-corrected chi connectivity index (χ3v) is 12.2. The van der Waals surface area contributed by atoms with Crippen LogP contribution < -0.4 is 5.32 Å². The summed E-state index contributed by atoms with van der Waals surface area (Å²) in [5, 5.41) is 13.7. The van der Waals surface area contributed by atoms with Crippen molar-refractivity contribution >= 4 is 25.5 Å². The molecule has 0 saturated carbocycles. The second-order valence-electron chi connectivity index (χ2n) is 17.1. The minimum atomic E-state index is -4.63. The minimum Gasteiger partial charge on any atom is -0.457 e. The molecule has 3 atom stereocenters. The van der Waals surface area contributed by atoms with E-state index in [1.165, 1.54) is 122 Å². The van der Waals surface area contributed by atoms with E-state index in [9.17, 15) is 28.9 Å². The summed E-state index contributed by atoms with van der Waals surface area (Å²) in [7, 11) is -4.63. The number of ketones is 1. The summed E-state index contributed by atoms with van der Waals surface area (Å²) in [5.74, 6) is -1.23. The molecule has 0 fully saturated rings. The standard InChI is InChI=1S/C49H94NO9P/c1-4-7-10-13-16-18-20-22-23-25-27-29-32-35-38-41-48(53)59-46(49(54)45(51)39-36-33-31-28-26-24-21-19-17-14-11-8-5-2)44-58-60(55,56)57-43-42-50-47(52)40-37-34-30-15-12-9-6-3/h22-23,46,49,54H,4-21,24-44H2,1-3H3,(H,50,52)(H,55,56)/b23-22-/t46-,49?/m0/s1. The van der Waals surface area contributed by atoms with Gasteiger partial charge in [0.05, 0.1) is 13.2 Å². The third kappa shape index (κ3) is 40.5. The smallest absolute Gasteiger partial charge is 0.457 e. The van der Waals surface area contributed by atoms with Gasteiger partial charge < -0.3 is 20.1 Å². The highest BCUT2D eigenvalue weighted by molar-refractivity contribution is 7.47. The number of esters is 1. The van der Waals surface area contributed by atoms with Crippen LogP contribution in [0.15, 0.2) is 12.2 Å². The summed E-state index contributed by atoms with van der Waals surface area (Å²) in [5.41, 5.74) is 0. The Morgan fingerprint density at radius 2 is 0.917 bits per heavy atom. The van der Waals surface area contributed by atoms with E-state index in [4.69, 9.17) is 13.8 Å². The number of carbonyl (C=O) groups excluding carboxylic acids is 3. The number of carbonyl (C=O) groups is 3. The van der Waals surface area contributed by atoms with Crippen molar-refractivity contribution in [2.24, 2.45) is 0 Å². The quantitative estimate of drug-likeness (QED) is 0.0235. The minimum absolute atomic E-state index is 0.0256. The Hall–Kier alpha value is -1.58. The molecule has 0 spiro atoms. The van der Waals surface area contributed by atoms with E-state index in [1.807, 2.05) is 0 Å². The van der Waals surface area contributed by atoms with Crippen LogP contribution in [0.25, 0.3) is 0 Å². The fourth-order valence-corrected chi connectivity index (χ4v) is 8.05. The first kappa shape index (κ1) is 58.4. The molecule has 0 heterocycles. The van der Waals surface area contributed by atoms with Gasteiger partial charge in [0.1, 0.15) is 0 Å². The average Bonchev–Trinajstić information content (AvgIpc) is 3.23. The lowest BCUT2D eigenvalue weighted by atomic mass is 10.0. The number of nitrogens with one attached hydrogen (secondary N) is 1. The lowest BCUT2D eigenvalue weighted by Crippen LogP contribution is -2.40. The van der Waals surface area contributed by atoms with Crippen LogP contribution in [0.5, 0.6) is 0 Å². The fraction of sp³-hybridized carbons (Fsp3) is 0.898. The first-order valence-electron chi connectivity index (χ1n) is 25.1. The van der Waals surface area contributed by atoms with Crippen LogP contribution in [0, 0.1) is 0 Å². The van der Waals surface area contributed by atoms with Crippen molar-refractivity contribution in [1.29, 1.82) is 0 Å². The number of ether oxygens (including phenoxy) is 1. The number of rotatable bonds is 47. The molecule has 0 radical (unpaired) electrons. The number of aliphatic hydroxyl groups is 1. The Labute approximate surface area is 368 Å². The van der Waals surface area contributed by atoms with Gasteiger partial charge in [0.25, 0.3) is 0 Å². The molecule has 10 nitrogen and oxygen atoms in total. The van der Waals surface area contributed by atoms with Crippen LogP contribution in [0.2, 0.25) is 0 Å². The van der Waals surface area contributed by atoms with Gasteiger partial charge >= 0.3 is 13.8 Å². The number of allylic oxidation sites excluding steroid dienone is 2. The lowest BCUT2D eigenvalue weighted by Gasteiger charge is -2.23. The van der Waals surface area contributed by atoms with Gasteiger partial charge in [-0.15, -0.1) is 0 Å². The van der Waals surface area contributed by atoms with Gasteiger partial charge in [-0.3, -0.25) is 23.4 Å². The Bertz CT molecular complexity index is 1070. The maximum Gasteiger partial charge on any atom is 0.472 e.